The highest BCUT2D eigenvalue weighted by atomic mass is 16.5. The van der Waals surface area contributed by atoms with Gasteiger partial charge in [-0.1, -0.05) is 13.8 Å². The molecule has 6 nitrogen and oxygen atoms in total. The van der Waals surface area contributed by atoms with Gasteiger partial charge in [0.15, 0.2) is 0 Å². The van der Waals surface area contributed by atoms with Gasteiger partial charge < -0.3 is 20.7 Å². The van der Waals surface area contributed by atoms with Gasteiger partial charge in [-0.15, -0.1) is 0 Å². The normalized spacial score (nSPS) is 12.3. The third kappa shape index (κ3) is 8.65. The second kappa shape index (κ2) is 8.95. The molecule has 0 aliphatic carbocycles. The lowest BCUT2D eigenvalue weighted by atomic mass is 10.3. The number of carbonyl (C=O) groups excluding carboxylic acids is 2. The van der Waals surface area contributed by atoms with E-state index in [0.717, 1.165) is 0 Å². The van der Waals surface area contributed by atoms with Gasteiger partial charge in [0, 0.05) is 19.7 Å². The fraction of sp³-hybridized carbons (Fsp3) is 0.818. The van der Waals surface area contributed by atoms with Gasteiger partial charge in [0.2, 0.25) is 11.8 Å². The fourth-order valence-corrected chi connectivity index (χ4v) is 1.08. The Hall–Kier alpha value is -1.14. The highest BCUT2D eigenvalue weighted by molar-refractivity contribution is 5.87. The zero-order chi connectivity index (χ0) is 13.3. The van der Waals surface area contributed by atoms with Crippen LogP contribution in [0.5, 0.6) is 0 Å². The molecule has 0 bridgehead atoms. The van der Waals surface area contributed by atoms with Crippen LogP contribution in [-0.2, 0) is 14.3 Å². The molecule has 1 atom stereocenters. The number of hydrogen-bond donors (Lipinski definition) is 3. The third-order valence-corrected chi connectivity index (χ3v) is 2.05. The molecule has 0 aliphatic heterocycles. The van der Waals surface area contributed by atoms with E-state index in [-0.39, 0.29) is 24.4 Å². The van der Waals surface area contributed by atoms with Gasteiger partial charge in [-0.05, 0) is 6.92 Å². The van der Waals surface area contributed by atoms with Crippen LogP contribution in [0.25, 0.3) is 0 Å². The minimum atomic E-state index is -0.534. The van der Waals surface area contributed by atoms with Crippen molar-refractivity contribution in [3.05, 3.63) is 0 Å². The van der Waals surface area contributed by atoms with Gasteiger partial charge in [-0.25, -0.2) is 0 Å². The molecule has 0 saturated carbocycles. The summed E-state index contributed by atoms with van der Waals surface area (Å²) in [6.45, 7) is 6.67. The largest absolute Gasteiger partial charge is 0.383 e. The molecule has 17 heavy (non-hydrogen) atoms. The average Bonchev–Trinajstić information content (AvgIpc) is 2.26. The Morgan fingerprint density at radius 2 is 1.88 bits per heavy atom. The van der Waals surface area contributed by atoms with Gasteiger partial charge in [-0.2, -0.15) is 0 Å². The molecule has 0 heterocycles. The molecule has 0 aromatic carbocycles. The van der Waals surface area contributed by atoms with Crippen molar-refractivity contribution in [3.8, 4) is 0 Å². The van der Waals surface area contributed by atoms with Crippen molar-refractivity contribution in [2.45, 2.75) is 32.9 Å². The lowest BCUT2D eigenvalue weighted by Crippen LogP contribution is -2.48. The molecule has 6 heteroatoms. The lowest BCUT2D eigenvalue weighted by Gasteiger charge is -2.15. The van der Waals surface area contributed by atoms with Gasteiger partial charge in [0.1, 0.15) is 6.04 Å². The minimum Gasteiger partial charge on any atom is -0.383 e. The number of rotatable bonds is 8. The molecule has 0 aromatic heterocycles. The van der Waals surface area contributed by atoms with Crippen molar-refractivity contribution in [1.29, 1.82) is 0 Å². The SMILES string of the molecule is COCCNC(=O)C(C)NC(=O)CNC(C)C. The fourth-order valence-electron chi connectivity index (χ4n) is 1.08. The summed E-state index contributed by atoms with van der Waals surface area (Å²) in [4.78, 5) is 22.9. The smallest absolute Gasteiger partial charge is 0.242 e. The quantitative estimate of drug-likeness (QED) is 0.492. The first-order valence-electron chi connectivity index (χ1n) is 5.76. The van der Waals surface area contributed by atoms with Crippen LogP contribution in [0.3, 0.4) is 0 Å². The molecule has 0 fully saturated rings. The zero-order valence-corrected chi connectivity index (χ0v) is 11.0. The molecule has 0 aliphatic rings. The Balaban J connectivity index is 3.78. The van der Waals surface area contributed by atoms with Crippen LogP contribution in [0.4, 0.5) is 0 Å². The van der Waals surface area contributed by atoms with E-state index in [0.29, 0.717) is 13.2 Å². The molecule has 100 valence electrons. The van der Waals surface area contributed by atoms with Crippen LogP contribution in [0.15, 0.2) is 0 Å². The molecule has 0 radical (unpaired) electrons. The first-order valence-corrected chi connectivity index (χ1v) is 5.76. The van der Waals surface area contributed by atoms with E-state index in [1.807, 2.05) is 13.8 Å². The number of methoxy groups -OCH3 is 1. The highest BCUT2D eigenvalue weighted by Gasteiger charge is 2.14. The molecule has 0 saturated heterocycles. The van der Waals surface area contributed by atoms with Crippen LogP contribution in [-0.4, -0.2) is 50.7 Å². The van der Waals surface area contributed by atoms with Crippen molar-refractivity contribution in [2.75, 3.05) is 26.8 Å². The number of nitrogens with one attached hydrogen (secondary N) is 3. The Labute approximate surface area is 102 Å². The summed E-state index contributed by atoms with van der Waals surface area (Å²) >= 11 is 0. The predicted molar refractivity (Wildman–Crippen MR) is 65.6 cm³/mol. The molecule has 0 spiro atoms. The van der Waals surface area contributed by atoms with Crippen molar-refractivity contribution in [1.82, 2.24) is 16.0 Å². The van der Waals surface area contributed by atoms with Crippen LogP contribution in [0.1, 0.15) is 20.8 Å². The summed E-state index contributed by atoms with van der Waals surface area (Å²) in [6.07, 6.45) is 0. The Kier molecular flexibility index (Phi) is 8.35. The van der Waals surface area contributed by atoms with Gasteiger partial charge in [-0.3, -0.25) is 9.59 Å². The molecule has 3 N–H and O–H groups in total. The van der Waals surface area contributed by atoms with E-state index in [4.69, 9.17) is 4.74 Å². The summed E-state index contributed by atoms with van der Waals surface area (Å²) in [5, 5.41) is 8.24. The predicted octanol–water partition coefficient (Wildman–Crippen LogP) is -0.748. The van der Waals surface area contributed by atoms with Crippen LogP contribution < -0.4 is 16.0 Å². The Morgan fingerprint density at radius 1 is 1.24 bits per heavy atom. The highest BCUT2D eigenvalue weighted by Crippen LogP contribution is 1.83. The summed E-state index contributed by atoms with van der Waals surface area (Å²) in [7, 11) is 1.56. The van der Waals surface area contributed by atoms with E-state index in [9.17, 15) is 9.59 Å². The first kappa shape index (κ1) is 15.9. The third-order valence-electron chi connectivity index (χ3n) is 2.05. The van der Waals surface area contributed by atoms with E-state index >= 15 is 0 Å². The monoisotopic (exact) mass is 245 g/mol. The van der Waals surface area contributed by atoms with E-state index in [2.05, 4.69) is 16.0 Å². The topological polar surface area (TPSA) is 79.5 Å². The van der Waals surface area contributed by atoms with Gasteiger partial charge >= 0.3 is 0 Å². The second-order valence-corrected chi connectivity index (χ2v) is 4.11. The van der Waals surface area contributed by atoms with Gasteiger partial charge in [0.25, 0.3) is 0 Å². The molecule has 1 unspecified atom stereocenters. The number of ether oxygens (including phenoxy) is 1. The average molecular weight is 245 g/mol. The van der Waals surface area contributed by atoms with E-state index in [1.165, 1.54) is 0 Å². The molecular weight excluding hydrogens is 222 g/mol. The Bertz CT molecular complexity index is 244. The van der Waals surface area contributed by atoms with Crippen molar-refractivity contribution < 1.29 is 14.3 Å². The zero-order valence-electron chi connectivity index (χ0n) is 11.0. The van der Waals surface area contributed by atoms with Crippen molar-refractivity contribution in [3.63, 3.8) is 0 Å². The van der Waals surface area contributed by atoms with Crippen molar-refractivity contribution in [2.24, 2.45) is 0 Å². The first-order chi connectivity index (χ1) is 7.97. The standard InChI is InChI=1S/C11H23N3O3/c1-8(2)13-7-10(15)14-9(3)11(16)12-5-6-17-4/h8-9,13H,5-7H2,1-4H3,(H,12,16)(H,14,15). The van der Waals surface area contributed by atoms with Crippen LogP contribution in [0.2, 0.25) is 0 Å². The summed E-state index contributed by atoms with van der Waals surface area (Å²) in [5.41, 5.74) is 0. The summed E-state index contributed by atoms with van der Waals surface area (Å²) < 4.78 is 4.81. The second-order valence-electron chi connectivity index (χ2n) is 4.11. The Morgan fingerprint density at radius 3 is 2.41 bits per heavy atom. The maximum Gasteiger partial charge on any atom is 0.242 e. The van der Waals surface area contributed by atoms with Crippen LogP contribution in [0, 0.1) is 0 Å². The van der Waals surface area contributed by atoms with Crippen LogP contribution >= 0.6 is 0 Å². The molecule has 2 amide bonds. The van der Waals surface area contributed by atoms with Gasteiger partial charge in [0.05, 0.1) is 13.2 Å². The number of carbonyl (C=O) groups is 2. The number of amides is 2. The number of hydrogen-bond acceptors (Lipinski definition) is 4. The molecule has 0 rings (SSSR count). The summed E-state index contributed by atoms with van der Waals surface area (Å²) in [6, 6.07) is -0.292. The minimum absolute atomic E-state index is 0.187. The summed E-state index contributed by atoms with van der Waals surface area (Å²) in [5.74, 6) is -0.395. The molecule has 0 aromatic rings. The lowest BCUT2D eigenvalue weighted by molar-refractivity contribution is -0.128. The maximum atomic E-state index is 11.5. The van der Waals surface area contributed by atoms with E-state index in [1.54, 1.807) is 14.0 Å². The maximum absolute atomic E-state index is 11.5. The van der Waals surface area contributed by atoms with E-state index < -0.39 is 6.04 Å². The van der Waals surface area contributed by atoms with Crippen molar-refractivity contribution >= 4 is 11.8 Å². The molecular formula is C11H23N3O3.